The molecule has 0 aliphatic carbocycles. The molecular formula is C17H28ClN3O4S. The molecule has 1 aliphatic heterocycles. The van der Waals surface area contributed by atoms with Crippen LogP contribution in [0.1, 0.15) is 31.7 Å². The molecule has 1 unspecified atom stereocenters. The summed E-state index contributed by atoms with van der Waals surface area (Å²) in [5.74, 6) is 0.759. The predicted molar refractivity (Wildman–Crippen MR) is 103 cm³/mol. The number of methoxy groups -OCH3 is 1. The summed E-state index contributed by atoms with van der Waals surface area (Å²) >= 11 is 0. The molecule has 1 heterocycles. The van der Waals surface area contributed by atoms with Crippen molar-refractivity contribution in [2.75, 3.05) is 26.7 Å². The number of hydrogen-bond donors (Lipinski definition) is 3. The second-order valence-corrected chi connectivity index (χ2v) is 7.94. The summed E-state index contributed by atoms with van der Waals surface area (Å²) in [5.41, 5.74) is 0.631. The summed E-state index contributed by atoms with van der Waals surface area (Å²) in [5, 5.41) is 6.02. The molecule has 1 atom stereocenters. The maximum atomic E-state index is 12.6. The average molecular weight is 406 g/mol. The highest BCUT2D eigenvalue weighted by Crippen LogP contribution is 2.22. The van der Waals surface area contributed by atoms with Crippen molar-refractivity contribution >= 4 is 28.3 Å². The maximum absolute atomic E-state index is 12.6. The number of amides is 1. The van der Waals surface area contributed by atoms with Crippen LogP contribution in [0.25, 0.3) is 0 Å². The number of ether oxygens (including phenoxy) is 1. The van der Waals surface area contributed by atoms with Gasteiger partial charge in [0.1, 0.15) is 5.75 Å². The van der Waals surface area contributed by atoms with Gasteiger partial charge in [-0.3, -0.25) is 4.79 Å². The second kappa shape index (κ2) is 10.7. The van der Waals surface area contributed by atoms with Gasteiger partial charge in [-0.05, 0) is 50.0 Å². The number of carbonyl (C=O) groups is 1. The van der Waals surface area contributed by atoms with Crippen LogP contribution >= 0.6 is 12.4 Å². The van der Waals surface area contributed by atoms with E-state index >= 15 is 0 Å². The van der Waals surface area contributed by atoms with Crippen molar-refractivity contribution in [2.45, 2.75) is 37.6 Å². The third-order valence-electron chi connectivity index (χ3n) is 4.32. The minimum absolute atomic E-state index is 0. The standard InChI is InChI=1S/C17H27N3O4S.ClH/c1-3-17(21)19-12-14-9-15(6-7-16(14)24-2)25(22,23)20-11-13-5-4-8-18-10-13;/h6-7,9,13,18,20H,3-5,8,10-12H2,1-2H3,(H,19,21);1H. The summed E-state index contributed by atoms with van der Waals surface area (Å²) in [4.78, 5) is 11.6. The van der Waals surface area contributed by atoms with Crippen molar-refractivity contribution < 1.29 is 17.9 Å². The molecule has 2 rings (SSSR count). The van der Waals surface area contributed by atoms with Crippen molar-refractivity contribution in [1.82, 2.24) is 15.4 Å². The fourth-order valence-corrected chi connectivity index (χ4v) is 3.95. The average Bonchev–Trinajstić information content (AvgIpc) is 2.65. The van der Waals surface area contributed by atoms with E-state index in [-0.39, 0.29) is 29.8 Å². The van der Waals surface area contributed by atoms with Gasteiger partial charge in [0.05, 0.1) is 12.0 Å². The SMILES string of the molecule is CCC(=O)NCc1cc(S(=O)(=O)NCC2CCCNC2)ccc1OC.Cl. The number of benzene rings is 1. The van der Waals surface area contributed by atoms with Crippen LogP contribution in [0.5, 0.6) is 5.75 Å². The Bertz CT molecular complexity index is 691. The number of halogens is 1. The van der Waals surface area contributed by atoms with E-state index in [0.29, 0.717) is 30.2 Å². The first-order chi connectivity index (χ1) is 12.0. The Labute approximate surface area is 161 Å². The summed E-state index contributed by atoms with van der Waals surface area (Å²) < 4.78 is 33.1. The predicted octanol–water partition coefficient (Wildman–Crippen LogP) is 1.42. The minimum atomic E-state index is -3.60. The van der Waals surface area contributed by atoms with Crippen LogP contribution in [0.3, 0.4) is 0 Å². The zero-order valence-electron chi connectivity index (χ0n) is 15.2. The van der Waals surface area contributed by atoms with Gasteiger partial charge in [-0.25, -0.2) is 13.1 Å². The van der Waals surface area contributed by atoms with Crippen LogP contribution in [0.15, 0.2) is 23.1 Å². The van der Waals surface area contributed by atoms with Gasteiger partial charge < -0.3 is 15.4 Å². The quantitative estimate of drug-likeness (QED) is 0.607. The number of rotatable bonds is 8. The van der Waals surface area contributed by atoms with Crippen molar-refractivity contribution in [1.29, 1.82) is 0 Å². The molecule has 1 saturated heterocycles. The second-order valence-electron chi connectivity index (χ2n) is 6.17. The highest BCUT2D eigenvalue weighted by molar-refractivity contribution is 7.89. The molecule has 9 heteroatoms. The van der Waals surface area contributed by atoms with Crippen molar-refractivity contribution in [2.24, 2.45) is 5.92 Å². The van der Waals surface area contributed by atoms with E-state index in [1.54, 1.807) is 19.1 Å². The molecule has 0 radical (unpaired) electrons. The van der Waals surface area contributed by atoms with Crippen molar-refractivity contribution in [3.05, 3.63) is 23.8 Å². The first-order valence-electron chi connectivity index (χ1n) is 8.60. The highest BCUT2D eigenvalue weighted by Gasteiger charge is 2.20. The van der Waals surface area contributed by atoms with Crippen LogP contribution in [-0.2, 0) is 21.4 Å². The molecule has 0 spiro atoms. The largest absolute Gasteiger partial charge is 0.496 e. The molecule has 3 N–H and O–H groups in total. The van der Waals surface area contributed by atoms with E-state index in [0.717, 1.165) is 25.9 Å². The Balaban J connectivity index is 0.00000338. The van der Waals surface area contributed by atoms with E-state index in [9.17, 15) is 13.2 Å². The topological polar surface area (TPSA) is 96.5 Å². The van der Waals surface area contributed by atoms with Gasteiger partial charge in [0.2, 0.25) is 15.9 Å². The molecule has 1 aliphatic rings. The molecule has 0 aromatic heterocycles. The van der Waals surface area contributed by atoms with Crippen molar-refractivity contribution in [3.63, 3.8) is 0 Å². The normalized spacial score (nSPS) is 17.2. The Morgan fingerprint density at radius 3 is 2.77 bits per heavy atom. The summed E-state index contributed by atoms with van der Waals surface area (Å²) in [7, 11) is -2.08. The van der Waals surface area contributed by atoms with E-state index in [1.165, 1.54) is 13.2 Å². The fourth-order valence-electron chi connectivity index (χ4n) is 2.79. The maximum Gasteiger partial charge on any atom is 0.240 e. The molecule has 7 nitrogen and oxygen atoms in total. The summed E-state index contributed by atoms with van der Waals surface area (Å²) in [6.07, 6.45) is 2.46. The third kappa shape index (κ3) is 6.42. The molecule has 0 saturated carbocycles. The van der Waals surface area contributed by atoms with Gasteiger partial charge in [-0.15, -0.1) is 12.4 Å². The fraction of sp³-hybridized carbons (Fsp3) is 0.588. The first-order valence-corrected chi connectivity index (χ1v) is 10.1. The lowest BCUT2D eigenvalue weighted by atomic mass is 10.0. The van der Waals surface area contributed by atoms with Gasteiger partial charge in [-0.2, -0.15) is 0 Å². The number of hydrogen-bond acceptors (Lipinski definition) is 5. The molecule has 1 amide bonds. The number of nitrogens with one attached hydrogen (secondary N) is 3. The van der Waals surface area contributed by atoms with Gasteiger partial charge in [0.15, 0.2) is 0 Å². The Kier molecular flexibility index (Phi) is 9.35. The van der Waals surface area contributed by atoms with Crippen LogP contribution in [-0.4, -0.2) is 41.1 Å². The molecule has 26 heavy (non-hydrogen) atoms. The third-order valence-corrected chi connectivity index (χ3v) is 5.74. The molecule has 1 aromatic rings. The summed E-state index contributed by atoms with van der Waals surface area (Å²) in [6, 6.07) is 4.69. The van der Waals surface area contributed by atoms with E-state index in [2.05, 4.69) is 15.4 Å². The number of sulfonamides is 1. The number of piperidine rings is 1. The van der Waals surface area contributed by atoms with E-state index < -0.39 is 10.0 Å². The van der Waals surface area contributed by atoms with Crippen LogP contribution in [0.2, 0.25) is 0 Å². The Morgan fingerprint density at radius 2 is 2.15 bits per heavy atom. The van der Waals surface area contributed by atoms with Crippen molar-refractivity contribution in [3.8, 4) is 5.75 Å². The molecule has 0 bridgehead atoms. The zero-order chi connectivity index (χ0) is 18.3. The lowest BCUT2D eigenvalue weighted by Gasteiger charge is -2.23. The van der Waals surface area contributed by atoms with Gasteiger partial charge in [0, 0.05) is 25.1 Å². The number of carbonyl (C=O) groups excluding carboxylic acids is 1. The molecular weight excluding hydrogens is 378 g/mol. The van der Waals surface area contributed by atoms with Crippen LogP contribution in [0.4, 0.5) is 0 Å². The minimum Gasteiger partial charge on any atom is -0.496 e. The lowest BCUT2D eigenvalue weighted by molar-refractivity contribution is -0.120. The smallest absolute Gasteiger partial charge is 0.240 e. The van der Waals surface area contributed by atoms with Gasteiger partial charge in [-0.1, -0.05) is 6.92 Å². The molecule has 1 aromatic carbocycles. The van der Waals surface area contributed by atoms with Crippen LogP contribution < -0.4 is 20.1 Å². The summed E-state index contributed by atoms with van der Waals surface area (Å²) in [6.45, 7) is 4.24. The van der Waals surface area contributed by atoms with Crippen LogP contribution in [0, 0.1) is 5.92 Å². The monoisotopic (exact) mass is 405 g/mol. The lowest BCUT2D eigenvalue weighted by Crippen LogP contribution is -2.38. The van der Waals surface area contributed by atoms with E-state index in [4.69, 9.17) is 4.74 Å². The Hall–Kier alpha value is -1.35. The first kappa shape index (κ1) is 22.7. The Morgan fingerprint density at radius 1 is 1.38 bits per heavy atom. The highest BCUT2D eigenvalue weighted by atomic mass is 35.5. The molecule has 1 fully saturated rings. The molecule has 148 valence electrons. The zero-order valence-corrected chi connectivity index (χ0v) is 16.8. The van der Waals surface area contributed by atoms with Gasteiger partial charge in [0.25, 0.3) is 0 Å². The van der Waals surface area contributed by atoms with Gasteiger partial charge >= 0.3 is 0 Å². The van der Waals surface area contributed by atoms with E-state index in [1.807, 2.05) is 0 Å².